The number of rotatable bonds is 4. The van der Waals surface area contributed by atoms with E-state index in [-0.39, 0.29) is 45.3 Å². The first kappa shape index (κ1) is 18.0. The Kier molecular flexibility index (Phi) is 4.50. The molecule has 0 saturated carbocycles. The first-order valence-electron chi connectivity index (χ1n) is 7.61. The molecule has 5 nitrogen and oxygen atoms in total. The number of carbonyl (C=O) groups excluding carboxylic acids is 1. The van der Waals surface area contributed by atoms with E-state index < -0.39 is 16.3 Å². The largest absolute Gasteiger partial charge is 0.457 e. The number of hydrogen-bond donors (Lipinski definition) is 0. The van der Waals surface area contributed by atoms with E-state index in [0.717, 1.165) is 18.4 Å². The fourth-order valence-electron chi connectivity index (χ4n) is 2.93. The molecule has 0 amide bonds. The van der Waals surface area contributed by atoms with E-state index >= 15 is 0 Å². The molecule has 0 bridgehead atoms. The molecule has 0 N–H and O–H groups in total. The number of sulfone groups is 1. The fraction of sp³-hybridized carbons (Fsp3) is 0.222. The Morgan fingerprint density at radius 3 is 2.54 bits per heavy atom. The van der Waals surface area contributed by atoms with E-state index in [1.807, 2.05) is 0 Å². The van der Waals surface area contributed by atoms with E-state index in [9.17, 15) is 22.0 Å². The van der Waals surface area contributed by atoms with Crippen LogP contribution in [0, 0.1) is 11.3 Å². The average molecular weight is 377 g/mol. The third kappa shape index (κ3) is 3.30. The van der Waals surface area contributed by atoms with Crippen molar-refractivity contribution in [1.29, 1.82) is 5.26 Å². The van der Waals surface area contributed by atoms with Gasteiger partial charge in [0.1, 0.15) is 11.5 Å². The predicted octanol–water partition coefficient (Wildman–Crippen LogP) is 3.82. The fourth-order valence-corrected chi connectivity index (χ4v) is 3.85. The van der Waals surface area contributed by atoms with Crippen molar-refractivity contribution < 1.29 is 26.7 Å². The standard InChI is InChI=1S/C18H13F2NO4S/c1-26(23,24)16-5-4-15(13-2-3-14(22)17(13)16)25-12-7-10(9-21)6-11(8-12)18(19)20/h4-8,18H,2-3H2,1H3. The van der Waals surface area contributed by atoms with Crippen LogP contribution in [0.15, 0.2) is 35.2 Å². The SMILES string of the molecule is CS(=O)(=O)c1ccc(Oc2cc(C#N)cc(C(F)F)c2)c2c1C(=O)CC2. The molecule has 2 aromatic rings. The number of carbonyl (C=O) groups is 1. The molecule has 134 valence electrons. The molecule has 8 heteroatoms. The van der Waals surface area contributed by atoms with Crippen LogP contribution in [0.4, 0.5) is 8.78 Å². The molecule has 0 aliphatic heterocycles. The minimum absolute atomic E-state index is 0.0123. The Hall–Kier alpha value is -2.79. The molecule has 1 aliphatic rings. The smallest absolute Gasteiger partial charge is 0.264 e. The van der Waals surface area contributed by atoms with E-state index in [4.69, 9.17) is 10.00 Å². The number of nitrogens with zero attached hydrogens (tertiary/aromatic N) is 1. The van der Waals surface area contributed by atoms with Gasteiger partial charge < -0.3 is 4.74 Å². The van der Waals surface area contributed by atoms with Gasteiger partial charge in [-0.25, -0.2) is 17.2 Å². The number of ether oxygens (including phenoxy) is 1. The molecule has 0 unspecified atom stereocenters. The molecule has 1 aliphatic carbocycles. The summed E-state index contributed by atoms with van der Waals surface area (Å²) in [7, 11) is -3.60. The summed E-state index contributed by atoms with van der Waals surface area (Å²) < 4.78 is 55.4. The van der Waals surface area contributed by atoms with E-state index in [0.29, 0.717) is 12.0 Å². The Morgan fingerprint density at radius 2 is 1.92 bits per heavy atom. The van der Waals surface area contributed by atoms with Gasteiger partial charge in [0.2, 0.25) is 0 Å². The first-order chi connectivity index (χ1) is 12.2. The van der Waals surface area contributed by atoms with E-state index in [1.165, 1.54) is 18.2 Å². The van der Waals surface area contributed by atoms with Crippen LogP contribution in [0.25, 0.3) is 0 Å². The lowest BCUT2D eigenvalue weighted by Gasteiger charge is -2.13. The quantitative estimate of drug-likeness (QED) is 0.809. The minimum Gasteiger partial charge on any atom is -0.457 e. The molecule has 2 aromatic carbocycles. The molecule has 0 aromatic heterocycles. The molecule has 0 radical (unpaired) electrons. The van der Waals surface area contributed by atoms with Gasteiger partial charge in [-0.2, -0.15) is 5.26 Å². The van der Waals surface area contributed by atoms with Crippen molar-refractivity contribution in [3.63, 3.8) is 0 Å². The maximum Gasteiger partial charge on any atom is 0.264 e. The number of benzene rings is 2. The Balaban J connectivity index is 2.09. The molecule has 3 rings (SSSR count). The van der Waals surface area contributed by atoms with Crippen LogP contribution >= 0.6 is 0 Å². The van der Waals surface area contributed by atoms with Gasteiger partial charge >= 0.3 is 0 Å². The van der Waals surface area contributed by atoms with Gasteiger partial charge in [0.05, 0.1) is 16.5 Å². The zero-order valence-corrected chi connectivity index (χ0v) is 14.4. The third-order valence-corrected chi connectivity index (χ3v) is 5.19. The van der Waals surface area contributed by atoms with Crippen molar-refractivity contribution in [3.05, 3.63) is 52.6 Å². The summed E-state index contributed by atoms with van der Waals surface area (Å²) in [4.78, 5) is 12.1. The highest BCUT2D eigenvalue weighted by Gasteiger charge is 2.30. The van der Waals surface area contributed by atoms with Gasteiger partial charge in [-0.05, 0) is 36.8 Å². The molecule has 0 spiro atoms. The van der Waals surface area contributed by atoms with Gasteiger partial charge in [-0.3, -0.25) is 4.79 Å². The summed E-state index contributed by atoms with van der Waals surface area (Å²) in [6.45, 7) is 0. The maximum absolute atomic E-state index is 13.0. The van der Waals surface area contributed by atoms with Gasteiger partial charge in [0.15, 0.2) is 15.6 Å². The Labute approximate surface area is 148 Å². The second-order valence-electron chi connectivity index (χ2n) is 5.92. The second kappa shape index (κ2) is 6.50. The highest BCUT2D eigenvalue weighted by molar-refractivity contribution is 7.90. The summed E-state index contributed by atoms with van der Waals surface area (Å²) >= 11 is 0. The lowest BCUT2D eigenvalue weighted by molar-refractivity contribution is 0.0991. The van der Waals surface area contributed by atoms with Crippen LogP contribution in [-0.2, 0) is 16.3 Å². The van der Waals surface area contributed by atoms with Crippen LogP contribution in [0.3, 0.4) is 0 Å². The van der Waals surface area contributed by atoms with Crippen LogP contribution in [0.2, 0.25) is 0 Å². The summed E-state index contributed by atoms with van der Waals surface area (Å²) in [5, 5.41) is 8.99. The molecule has 26 heavy (non-hydrogen) atoms. The molecular weight excluding hydrogens is 364 g/mol. The second-order valence-corrected chi connectivity index (χ2v) is 7.90. The predicted molar refractivity (Wildman–Crippen MR) is 88.4 cm³/mol. The molecule has 0 saturated heterocycles. The number of nitriles is 1. The number of hydrogen-bond acceptors (Lipinski definition) is 5. The number of Topliss-reactive ketones (excluding diaryl/α,β-unsaturated/α-hetero) is 1. The number of alkyl halides is 2. The van der Waals surface area contributed by atoms with Crippen molar-refractivity contribution in [2.45, 2.75) is 24.2 Å². The number of fused-ring (bicyclic) bond motifs is 1. The van der Waals surface area contributed by atoms with Crippen LogP contribution in [0.5, 0.6) is 11.5 Å². The molecule has 0 atom stereocenters. The summed E-state index contributed by atoms with van der Waals surface area (Å²) in [6.07, 6.45) is -1.31. The lowest BCUT2D eigenvalue weighted by atomic mass is 10.1. The lowest BCUT2D eigenvalue weighted by Crippen LogP contribution is -2.06. The van der Waals surface area contributed by atoms with Crippen molar-refractivity contribution in [1.82, 2.24) is 0 Å². The summed E-state index contributed by atoms with van der Waals surface area (Å²) in [5.41, 5.74) is 0.173. The summed E-state index contributed by atoms with van der Waals surface area (Å²) in [5.74, 6) is -0.0634. The molecular formula is C18H13F2NO4S. The number of halogens is 2. The highest BCUT2D eigenvalue weighted by Crippen LogP contribution is 2.38. The topological polar surface area (TPSA) is 84.2 Å². The zero-order valence-electron chi connectivity index (χ0n) is 13.6. The van der Waals surface area contributed by atoms with Crippen molar-refractivity contribution in [2.75, 3.05) is 6.26 Å². The normalized spacial score (nSPS) is 13.6. The zero-order chi connectivity index (χ0) is 19.1. The first-order valence-corrected chi connectivity index (χ1v) is 9.50. The Morgan fingerprint density at radius 1 is 1.19 bits per heavy atom. The number of ketones is 1. The minimum atomic E-state index is -3.60. The van der Waals surface area contributed by atoms with Crippen LogP contribution in [0.1, 0.15) is 39.9 Å². The monoisotopic (exact) mass is 377 g/mol. The summed E-state index contributed by atoms with van der Waals surface area (Å²) in [6, 6.07) is 7.94. The van der Waals surface area contributed by atoms with E-state index in [2.05, 4.69) is 0 Å². The van der Waals surface area contributed by atoms with Crippen molar-refractivity contribution in [2.24, 2.45) is 0 Å². The molecule has 0 fully saturated rings. The Bertz CT molecular complexity index is 1060. The van der Waals surface area contributed by atoms with Gasteiger partial charge in [0.25, 0.3) is 6.43 Å². The van der Waals surface area contributed by atoms with Crippen LogP contribution < -0.4 is 4.74 Å². The van der Waals surface area contributed by atoms with Crippen LogP contribution in [-0.4, -0.2) is 20.5 Å². The average Bonchev–Trinajstić information content (AvgIpc) is 2.96. The van der Waals surface area contributed by atoms with Gasteiger partial charge in [-0.1, -0.05) is 0 Å². The van der Waals surface area contributed by atoms with Crippen molar-refractivity contribution >= 4 is 15.6 Å². The van der Waals surface area contributed by atoms with Gasteiger partial charge in [0, 0.05) is 29.4 Å². The van der Waals surface area contributed by atoms with Crippen molar-refractivity contribution in [3.8, 4) is 17.6 Å². The highest BCUT2D eigenvalue weighted by atomic mass is 32.2. The molecule has 0 heterocycles. The third-order valence-electron chi connectivity index (χ3n) is 4.05. The van der Waals surface area contributed by atoms with Gasteiger partial charge in [-0.15, -0.1) is 0 Å². The van der Waals surface area contributed by atoms with E-state index in [1.54, 1.807) is 6.07 Å². The maximum atomic E-state index is 13.0.